The van der Waals surface area contributed by atoms with Crippen LogP contribution in [0.4, 0.5) is 19.0 Å². The number of anilines is 1. The Morgan fingerprint density at radius 2 is 1.78 bits per heavy atom. The van der Waals surface area contributed by atoms with Crippen molar-refractivity contribution in [3.05, 3.63) is 66.2 Å². The van der Waals surface area contributed by atoms with Crippen LogP contribution in [-0.2, 0) is 11.2 Å². The van der Waals surface area contributed by atoms with E-state index in [4.69, 9.17) is 0 Å². The van der Waals surface area contributed by atoms with Crippen molar-refractivity contribution in [3.63, 3.8) is 0 Å². The minimum absolute atomic E-state index is 0.201. The van der Waals surface area contributed by atoms with Crippen molar-refractivity contribution < 1.29 is 22.7 Å². The lowest BCUT2D eigenvalue weighted by Crippen LogP contribution is -2.19. The molecule has 3 aromatic rings. The van der Waals surface area contributed by atoms with E-state index in [1.807, 2.05) is 30.3 Å². The predicted octanol–water partition coefficient (Wildman–Crippen LogP) is 4.18. The summed E-state index contributed by atoms with van der Waals surface area (Å²) in [5.41, 5.74) is 2.37. The number of amides is 1. The summed E-state index contributed by atoms with van der Waals surface area (Å²) in [5.74, 6) is 0.0990. The van der Waals surface area contributed by atoms with Crippen molar-refractivity contribution in [3.8, 4) is 17.0 Å². The molecule has 0 spiro atoms. The van der Waals surface area contributed by atoms with Crippen LogP contribution in [0.5, 0.6) is 5.75 Å². The smallest absolute Gasteiger partial charge is 0.406 e. The molecule has 2 heterocycles. The lowest BCUT2D eigenvalue weighted by atomic mass is 10.1. The molecule has 0 fully saturated rings. The van der Waals surface area contributed by atoms with Gasteiger partial charge in [0.05, 0.1) is 5.69 Å². The van der Waals surface area contributed by atoms with Crippen molar-refractivity contribution >= 4 is 11.7 Å². The van der Waals surface area contributed by atoms with Crippen molar-refractivity contribution in [2.75, 3.05) is 5.32 Å². The van der Waals surface area contributed by atoms with Gasteiger partial charge in [-0.25, -0.2) is 4.68 Å². The Bertz CT molecular complexity index is 966. The van der Waals surface area contributed by atoms with Crippen LogP contribution < -0.4 is 10.1 Å². The molecular weight excluding hydrogens is 359 g/mol. The molecule has 1 aliphatic rings. The van der Waals surface area contributed by atoms with Gasteiger partial charge in [-0.1, -0.05) is 42.5 Å². The highest BCUT2D eigenvalue weighted by molar-refractivity contribution is 5.97. The number of ether oxygens (including phenoxy) is 1. The molecule has 27 heavy (non-hydrogen) atoms. The quantitative estimate of drug-likeness (QED) is 0.746. The van der Waals surface area contributed by atoms with Crippen LogP contribution in [0.2, 0.25) is 0 Å². The number of carbonyl (C=O) groups excluding carboxylic acids is 1. The fraction of sp³-hybridized carbons (Fsp3) is 0.158. The van der Waals surface area contributed by atoms with E-state index in [1.165, 1.54) is 24.3 Å². The Labute approximate surface area is 152 Å². The molecule has 2 aromatic carbocycles. The van der Waals surface area contributed by atoms with E-state index in [0.29, 0.717) is 17.8 Å². The highest BCUT2D eigenvalue weighted by atomic mass is 19.4. The van der Waals surface area contributed by atoms with Crippen LogP contribution in [0, 0.1) is 0 Å². The third-order valence-electron chi connectivity index (χ3n) is 4.24. The topological polar surface area (TPSA) is 56.2 Å². The van der Waals surface area contributed by atoms with E-state index in [9.17, 15) is 18.0 Å². The van der Waals surface area contributed by atoms with E-state index < -0.39 is 12.4 Å². The fourth-order valence-electron chi connectivity index (χ4n) is 3.03. The molecule has 0 radical (unpaired) electrons. The van der Waals surface area contributed by atoms with Crippen LogP contribution >= 0.6 is 0 Å². The summed E-state index contributed by atoms with van der Waals surface area (Å²) in [4.78, 5) is 12.3. The van der Waals surface area contributed by atoms with Crippen LogP contribution in [0.1, 0.15) is 11.6 Å². The Morgan fingerprint density at radius 1 is 1.07 bits per heavy atom. The molecule has 0 saturated heterocycles. The van der Waals surface area contributed by atoms with Crippen molar-refractivity contribution in [2.24, 2.45) is 0 Å². The molecule has 1 unspecified atom stereocenters. The molecule has 1 atom stereocenters. The number of hydrogen-bond donors (Lipinski definition) is 1. The zero-order valence-electron chi connectivity index (χ0n) is 13.9. The van der Waals surface area contributed by atoms with Crippen LogP contribution in [0.15, 0.2) is 60.7 Å². The van der Waals surface area contributed by atoms with E-state index >= 15 is 0 Å². The molecular formula is C19H14F3N3O2. The molecule has 8 heteroatoms. The van der Waals surface area contributed by atoms with Gasteiger partial charge in [-0.05, 0) is 17.7 Å². The zero-order valence-corrected chi connectivity index (χ0v) is 13.9. The van der Waals surface area contributed by atoms with Gasteiger partial charge in [-0.15, -0.1) is 13.2 Å². The van der Waals surface area contributed by atoms with Gasteiger partial charge < -0.3 is 10.1 Å². The molecule has 1 aromatic heterocycles. The molecule has 0 bridgehead atoms. The lowest BCUT2D eigenvalue weighted by molar-refractivity contribution is -0.274. The van der Waals surface area contributed by atoms with Gasteiger partial charge in [0.25, 0.3) is 5.91 Å². The third kappa shape index (κ3) is 3.64. The summed E-state index contributed by atoms with van der Waals surface area (Å²) >= 11 is 0. The van der Waals surface area contributed by atoms with E-state index in [2.05, 4.69) is 15.2 Å². The second-order valence-electron chi connectivity index (χ2n) is 6.13. The number of nitrogens with one attached hydrogen (secondary N) is 1. The first-order valence-corrected chi connectivity index (χ1v) is 8.19. The first-order chi connectivity index (χ1) is 12.9. The number of halogens is 3. The summed E-state index contributed by atoms with van der Waals surface area (Å²) in [6.07, 6.45) is -4.42. The van der Waals surface area contributed by atoms with Crippen molar-refractivity contribution in [1.82, 2.24) is 9.78 Å². The van der Waals surface area contributed by atoms with Crippen molar-refractivity contribution in [1.29, 1.82) is 0 Å². The van der Waals surface area contributed by atoms with E-state index in [-0.39, 0.29) is 11.7 Å². The van der Waals surface area contributed by atoms with Gasteiger partial charge in [-0.3, -0.25) is 4.79 Å². The molecule has 5 nitrogen and oxygen atoms in total. The average molecular weight is 373 g/mol. The Hall–Kier alpha value is -3.29. The summed E-state index contributed by atoms with van der Waals surface area (Å²) in [6.45, 7) is 0. The minimum atomic E-state index is -4.73. The number of hydrogen-bond acceptors (Lipinski definition) is 3. The largest absolute Gasteiger partial charge is 0.573 e. The standard InChI is InChI=1S/C19H14F3N3O2/c20-19(21,22)27-14-8-6-12(7-9-14)10-16-18(26)23-17-11-15(24-25(16)17)13-4-2-1-3-5-13/h1-9,11,16H,10H2,(H,23,26). The summed E-state index contributed by atoms with van der Waals surface area (Å²) in [7, 11) is 0. The van der Waals surface area contributed by atoms with Crippen LogP contribution in [0.3, 0.4) is 0 Å². The number of carbonyl (C=O) groups is 1. The number of benzene rings is 2. The van der Waals surface area contributed by atoms with Crippen LogP contribution in [-0.4, -0.2) is 22.1 Å². The second-order valence-corrected chi connectivity index (χ2v) is 6.13. The van der Waals surface area contributed by atoms with Gasteiger partial charge in [0, 0.05) is 18.1 Å². The maximum Gasteiger partial charge on any atom is 0.573 e. The van der Waals surface area contributed by atoms with Gasteiger partial charge >= 0.3 is 6.36 Å². The summed E-state index contributed by atoms with van der Waals surface area (Å²) in [5, 5.41) is 7.30. The fourth-order valence-corrected chi connectivity index (χ4v) is 3.03. The van der Waals surface area contributed by atoms with Gasteiger partial charge in [-0.2, -0.15) is 5.10 Å². The minimum Gasteiger partial charge on any atom is -0.406 e. The normalized spacial score (nSPS) is 16.1. The zero-order chi connectivity index (χ0) is 19.0. The highest BCUT2D eigenvalue weighted by Crippen LogP contribution is 2.32. The van der Waals surface area contributed by atoms with E-state index in [1.54, 1.807) is 10.7 Å². The number of aromatic nitrogens is 2. The maximum atomic E-state index is 12.3. The van der Waals surface area contributed by atoms with Gasteiger partial charge in [0.15, 0.2) is 0 Å². The van der Waals surface area contributed by atoms with Gasteiger partial charge in [0.1, 0.15) is 17.6 Å². The molecule has 1 amide bonds. The molecule has 1 N–H and O–H groups in total. The predicted molar refractivity (Wildman–Crippen MR) is 92.2 cm³/mol. The Morgan fingerprint density at radius 3 is 2.44 bits per heavy atom. The first-order valence-electron chi connectivity index (χ1n) is 8.19. The highest BCUT2D eigenvalue weighted by Gasteiger charge is 2.33. The lowest BCUT2D eigenvalue weighted by Gasteiger charge is -2.12. The maximum absolute atomic E-state index is 12.3. The molecule has 138 valence electrons. The number of alkyl halides is 3. The Balaban J connectivity index is 1.54. The SMILES string of the molecule is O=C1Nc2cc(-c3ccccc3)nn2C1Cc1ccc(OC(F)(F)F)cc1. The van der Waals surface area contributed by atoms with Gasteiger partial charge in [0.2, 0.25) is 0 Å². The van der Waals surface area contributed by atoms with Crippen molar-refractivity contribution in [2.45, 2.75) is 18.8 Å². The monoisotopic (exact) mass is 373 g/mol. The first kappa shape index (κ1) is 17.1. The van der Waals surface area contributed by atoms with Crippen LogP contribution in [0.25, 0.3) is 11.3 Å². The average Bonchev–Trinajstić information content (AvgIpc) is 3.15. The molecule has 4 rings (SSSR count). The summed E-state index contributed by atoms with van der Waals surface area (Å²) in [6, 6.07) is 16.3. The molecule has 0 saturated carbocycles. The summed E-state index contributed by atoms with van der Waals surface area (Å²) < 4.78 is 42.2. The second kappa shape index (κ2) is 6.46. The number of fused-ring (bicyclic) bond motifs is 1. The number of nitrogens with zero attached hydrogens (tertiary/aromatic N) is 2. The molecule has 0 aliphatic carbocycles. The third-order valence-corrected chi connectivity index (χ3v) is 4.24. The molecule has 1 aliphatic heterocycles. The Kier molecular flexibility index (Phi) is 4.10. The van der Waals surface area contributed by atoms with E-state index in [0.717, 1.165) is 11.3 Å². The number of rotatable bonds is 4.